The average Bonchev–Trinajstić information content (AvgIpc) is 2.31. The van der Waals surface area contributed by atoms with Crippen LogP contribution in [0.2, 0.25) is 0 Å². The van der Waals surface area contributed by atoms with Crippen LogP contribution in [0.1, 0.15) is 49.0 Å². The molecule has 17 heavy (non-hydrogen) atoms. The molecule has 0 N–H and O–H groups in total. The minimum absolute atomic E-state index is 0.0285. The Hall–Kier alpha value is -1.64. The van der Waals surface area contributed by atoms with Crippen molar-refractivity contribution >= 4 is 11.8 Å². The fourth-order valence-corrected chi connectivity index (χ4v) is 1.73. The Morgan fingerprint density at radius 3 is 2.18 bits per heavy atom. The quantitative estimate of drug-likeness (QED) is 0.581. The van der Waals surface area contributed by atoms with E-state index in [0.717, 1.165) is 5.56 Å². The predicted octanol–water partition coefficient (Wildman–Crippen LogP) is 2.95. The largest absolute Gasteiger partial charge is 0.466 e. The Morgan fingerprint density at radius 2 is 1.76 bits per heavy atom. The summed E-state index contributed by atoms with van der Waals surface area (Å²) in [6.45, 7) is 5.66. The highest BCUT2D eigenvalue weighted by atomic mass is 16.5. The van der Waals surface area contributed by atoms with E-state index in [4.69, 9.17) is 4.74 Å². The lowest BCUT2D eigenvalue weighted by Gasteiger charge is -2.14. The zero-order chi connectivity index (χ0) is 12.8. The van der Waals surface area contributed by atoms with Crippen LogP contribution in [0.5, 0.6) is 0 Å². The molecule has 1 rings (SSSR count). The number of benzene rings is 1. The number of carbonyl (C=O) groups excluding carboxylic acids is 2. The van der Waals surface area contributed by atoms with Crippen molar-refractivity contribution in [3.63, 3.8) is 0 Å². The van der Waals surface area contributed by atoms with Crippen molar-refractivity contribution < 1.29 is 14.3 Å². The van der Waals surface area contributed by atoms with E-state index in [1.54, 1.807) is 19.1 Å². The molecule has 0 saturated heterocycles. The van der Waals surface area contributed by atoms with Crippen molar-refractivity contribution in [1.82, 2.24) is 0 Å². The van der Waals surface area contributed by atoms with E-state index in [9.17, 15) is 9.59 Å². The third-order valence-corrected chi connectivity index (χ3v) is 2.70. The van der Waals surface area contributed by atoms with Crippen molar-refractivity contribution in [3.8, 4) is 0 Å². The molecule has 0 aliphatic heterocycles. The molecule has 0 fully saturated rings. The number of rotatable bonds is 5. The third kappa shape index (κ3) is 3.41. The minimum atomic E-state index is -0.240. The van der Waals surface area contributed by atoms with Gasteiger partial charge in [-0.15, -0.1) is 0 Å². The standard InChI is InChI=1S/C14H18O3/c1-4-13(14(16)17-5-2)12-8-6-11(7-9-12)10(3)15/h6-9,13H,4-5H2,1-3H3. The van der Waals surface area contributed by atoms with Gasteiger partial charge in [-0.05, 0) is 25.8 Å². The molecule has 1 unspecified atom stereocenters. The number of Topliss-reactive ketones (excluding diaryl/α,β-unsaturated/α-hetero) is 1. The zero-order valence-corrected chi connectivity index (χ0v) is 10.5. The van der Waals surface area contributed by atoms with Crippen LogP contribution in [-0.2, 0) is 9.53 Å². The van der Waals surface area contributed by atoms with Gasteiger partial charge in [0.1, 0.15) is 0 Å². The van der Waals surface area contributed by atoms with Gasteiger partial charge >= 0.3 is 5.97 Å². The van der Waals surface area contributed by atoms with Gasteiger partial charge in [0.05, 0.1) is 12.5 Å². The first-order valence-corrected chi connectivity index (χ1v) is 5.87. The van der Waals surface area contributed by atoms with Crippen LogP contribution < -0.4 is 0 Å². The zero-order valence-electron chi connectivity index (χ0n) is 10.5. The predicted molar refractivity (Wildman–Crippen MR) is 66.1 cm³/mol. The van der Waals surface area contributed by atoms with Gasteiger partial charge in [0.2, 0.25) is 0 Å². The molecule has 0 heterocycles. The molecule has 0 amide bonds. The molecule has 1 aromatic rings. The van der Waals surface area contributed by atoms with Gasteiger partial charge in [0, 0.05) is 5.56 Å². The smallest absolute Gasteiger partial charge is 0.313 e. The maximum absolute atomic E-state index is 11.7. The van der Waals surface area contributed by atoms with Crippen LogP contribution in [0.15, 0.2) is 24.3 Å². The summed E-state index contributed by atoms with van der Waals surface area (Å²) in [5.41, 5.74) is 1.56. The number of ketones is 1. The van der Waals surface area contributed by atoms with Crippen molar-refractivity contribution in [2.45, 2.75) is 33.1 Å². The molecular weight excluding hydrogens is 216 g/mol. The fraction of sp³-hybridized carbons (Fsp3) is 0.429. The molecule has 92 valence electrons. The molecule has 0 bridgehead atoms. The highest BCUT2D eigenvalue weighted by Crippen LogP contribution is 2.21. The monoisotopic (exact) mass is 234 g/mol. The Labute approximate surface area is 102 Å². The third-order valence-electron chi connectivity index (χ3n) is 2.70. The maximum Gasteiger partial charge on any atom is 0.313 e. The Morgan fingerprint density at radius 1 is 1.18 bits per heavy atom. The van der Waals surface area contributed by atoms with Gasteiger partial charge < -0.3 is 4.74 Å². The number of ether oxygens (including phenoxy) is 1. The molecule has 0 spiro atoms. The molecule has 0 saturated carbocycles. The molecule has 1 aromatic carbocycles. The van der Waals surface area contributed by atoms with E-state index in [1.165, 1.54) is 6.92 Å². The normalized spacial score (nSPS) is 11.9. The van der Waals surface area contributed by atoms with Crippen LogP contribution in [0.4, 0.5) is 0 Å². The fourth-order valence-electron chi connectivity index (χ4n) is 1.73. The average molecular weight is 234 g/mol. The van der Waals surface area contributed by atoms with E-state index in [1.807, 2.05) is 19.1 Å². The summed E-state index contributed by atoms with van der Waals surface area (Å²) >= 11 is 0. The second kappa shape index (κ2) is 6.18. The van der Waals surface area contributed by atoms with Crippen molar-refractivity contribution in [3.05, 3.63) is 35.4 Å². The second-order valence-electron chi connectivity index (χ2n) is 3.89. The number of esters is 1. The van der Waals surface area contributed by atoms with Crippen LogP contribution in [-0.4, -0.2) is 18.4 Å². The second-order valence-corrected chi connectivity index (χ2v) is 3.89. The van der Waals surface area contributed by atoms with Crippen LogP contribution in [0.25, 0.3) is 0 Å². The molecule has 3 heteroatoms. The Kier molecular flexibility index (Phi) is 4.88. The number of carbonyl (C=O) groups is 2. The molecule has 0 radical (unpaired) electrons. The summed E-state index contributed by atoms with van der Waals surface area (Å²) in [4.78, 5) is 22.8. The van der Waals surface area contributed by atoms with Gasteiger partial charge in [0.15, 0.2) is 5.78 Å². The number of hydrogen-bond acceptors (Lipinski definition) is 3. The first-order valence-electron chi connectivity index (χ1n) is 5.87. The van der Waals surface area contributed by atoms with Crippen molar-refractivity contribution in [2.75, 3.05) is 6.61 Å². The Bertz CT molecular complexity index is 392. The lowest BCUT2D eigenvalue weighted by atomic mass is 9.95. The molecule has 3 nitrogen and oxygen atoms in total. The first-order chi connectivity index (χ1) is 8.10. The van der Waals surface area contributed by atoms with E-state index >= 15 is 0 Å². The summed E-state index contributed by atoms with van der Waals surface area (Å²) in [6.07, 6.45) is 0.693. The minimum Gasteiger partial charge on any atom is -0.466 e. The Balaban J connectivity index is 2.89. The summed E-state index contributed by atoms with van der Waals surface area (Å²) < 4.78 is 5.02. The van der Waals surface area contributed by atoms with E-state index < -0.39 is 0 Å². The van der Waals surface area contributed by atoms with Gasteiger partial charge in [-0.1, -0.05) is 31.2 Å². The van der Waals surface area contributed by atoms with E-state index in [0.29, 0.717) is 18.6 Å². The molecule has 1 atom stereocenters. The highest BCUT2D eigenvalue weighted by molar-refractivity contribution is 5.94. The summed E-state index contributed by atoms with van der Waals surface area (Å²) in [5, 5.41) is 0. The first kappa shape index (κ1) is 13.4. The lowest BCUT2D eigenvalue weighted by molar-refractivity contribution is -0.145. The van der Waals surface area contributed by atoms with Gasteiger partial charge in [-0.3, -0.25) is 9.59 Å². The maximum atomic E-state index is 11.7. The summed E-state index contributed by atoms with van der Waals surface area (Å²) in [6, 6.07) is 7.14. The summed E-state index contributed by atoms with van der Waals surface area (Å²) in [7, 11) is 0. The molecular formula is C14H18O3. The van der Waals surface area contributed by atoms with Crippen LogP contribution in [0.3, 0.4) is 0 Å². The van der Waals surface area contributed by atoms with Gasteiger partial charge in [-0.25, -0.2) is 0 Å². The summed E-state index contributed by atoms with van der Waals surface area (Å²) in [5.74, 6) is -0.415. The lowest BCUT2D eigenvalue weighted by Crippen LogP contribution is -2.15. The van der Waals surface area contributed by atoms with Crippen LogP contribution >= 0.6 is 0 Å². The van der Waals surface area contributed by atoms with Crippen LogP contribution in [0, 0.1) is 0 Å². The number of hydrogen-bond donors (Lipinski definition) is 0. The molecule has 0 aliphatic rings. The van der Waals surface area contributed by atoms with E-state index in [-0.39, 0.29) is 17.7 Å². The molecule has 0 aromatic heterocycles. The molecule has 0 aliphatic carbocycles. The SMILES string of the molecule is CCOC(=O)C(CC)c1ccc(C(C)=O)cc1. The topological polar surface area (TPSA) is 43.4 Å². The van der Waals surface area contributed by atoms with E-state index in [2.05, 4.69) is 0 Å². The highest BCUT2D eigenvalue weighted by Gasteiger charge is 2.19. The van der Waals surface area contributed by atoms with Crippen molar-refractivity contribution in [1.29, 1.82) is 0 Å². The van der Waals surface area contributed by atoms with Crippen molar-refractivity contribution in [2.24, 2.45) is 0 Å². The van der Waals surface area contributed by atoms with Gasteiger partial charge in [-0.2, -0.15) is 0 Å². The van der Waals surface area contributed by atoms with Gasteiger partial charge in [0.25, 0.3) is 0 Å².